The first-order valence-corrected chi connectivity index (χ1v) is 8.54. The molecule has 0 fully saturated rings. The molecule has 4 aromatic rings. The van der Waals surface area contributed by atoms with Crippen LogP contribution in [0.4, 0.5) is 0 Å². The number of benzene rings is 1. The maximum absolute atomic E-state index is 12.2. The van der Waals surface area contributed by atoms with E-state index >= 15 is 0 Å². The molecule has 0 aliphatic rings. The Morgan fingerprint density at radius 2 is 1.96 bits per heavy atom. The van der Waals surface area contributed by atoms with Gasteiger partial charge in [-0.3, -0.25) is 4.68 Å². The molecule has 0 aliphatic carbocycles. The van der Waals surface area contributed by atoms with Crippen molar-refractivity contribution >= 4 is 5.97 Å². The lowest BCUT2D eigenvalue weighted by Gasteiger charge is -2.01. The minimum absolute atomic E-state index is 0.148. The molecule has 9 heteroatoms. The van der Waals surface area contributed by atoms with Gasteiger partial charge in [0.2, 0.25) is 0 Å². The first kappa shape index (κ1) is 17.7. The number of ether oxygens (including phenoxy) is 1. The second-order valence-corrected chi connectivity index (χ2v) is 6.17. The zero-order valence-electron chi connectivity index (χ0n) is 15.5. The Kier molecular flexibility index (Phi) is 4.48. The molecule has 9 nitrogen and oxygen atoms in total. The predicted molar refractivity (Wildman–Crippen MR) is 97.0 cm³/mol. The summed E-state index contributed by atoms with van der Waals surface area (Å²) in [5.41, 5.74) is 3.19. The van der Waals surface area contributed by atoms with E-state index < -0.39 is 5.97 Å². The molecule has 0 atom stereocenters. The van der Waals surface area contributed by atoms with E-state index in [4.69, 9.17) is 13.7 Å². The molecular formula is C19H17N5O4. The fourth-order valence-electron chi connectivity index (χ4n) is 2.73. The summed E-state index contributed by atoms with van der Waals surface area (Å²) >= 11 is 0. The lowest BCUT2D eigenvalue weighted by molar-refractivity contribution is 0.0437. The summed E-state index contributed by atoms with van der Waals surface area (Å²) in [5, 5.41) is 16.1. The SMILES string of the molecule is Cc1onc(-c2ccccc2)c1-c1nnc(COC(=O)c2cnn(C)c2C)o1. The molecule has 3 heterocycles. The summed E-state index contributed by atoms with van der Waals surface area (Å²) in [6.07, 6.45) is 1.46. The highest BCUT2D eigenvalue weighted by Gasteiger charge is 2.22. The van der Waals surface area contributed by atoms with Crippen LogP contribution in [0.25, 0.3) is 22.7 Å². The molecule has 0 bridgehead atoms. The van der Waals surface area contributed by atoms with Crippen molar-refractivity contribution in [1.29, 1.82) is 0 Å². The number of esters is 1. The van der Waals surface area contributed by atoms with Crippen molar-refractivity contribution in [1.82, 2.24) is 25.1 Å². The van der Waals surface area contributed by atoms with Crippen LogP contribution in [0.3, 0.4) is 0 Å². The molecule has 0 aliphatic heterocycles. The number of carbonyl (C=O) groups excluding carboxylic acids is 1. The summed E-state index contributed by atoms with van der Waals surface area (Å²) in [5.74, 6) is 0.472. The smallest absolute Gasteiger partial charge is 0.342 e. The number of aromatic nitrogens is 5. The third kappa shape index (κ3) is 3.18. The van der Waals surface area contributed by atoms with Gasteiger partial charge in [0.1, 0.15) is 22.6 Å². The fourth-order valence-corrected chi connectivity index (χ4v) is 2.73. The largest absolute Gasteiger partial charge is 0.452 e. The predicted octanol–water partition coefficient (Wildman–Crippen LogP) is 3.10. The Morgan fingerprint density at radius 1 is 1.18 bits per heavy atom. The maximum Gasteiger partial charge on any atom is 0.342 e. The maximum atomic E-state index is 12.2. The first-order valence-electron chi connectivity index (χ1n) is 8.54. The average molecular weight is 379 g/mol. The highest BCUT2D eigenvalue weighted by molar-refractivity contribution is 5.90. The van der Waals surface area contributed by atoms with Crippen LogP contribution in [0.5, 0.6) is 0 Å². The monoisotopic (exact) mass is 379 g/mol. The minimum atomic E-state index is -0.503. The van der Waals surface area contributed by atoms with Crippen LogP contribution in [-0.2, 0) is 18.4 Å². The summed E-state index contributed by atoms with van der Waals surface area (Å²) in [6.45, 7) is 3.41. The van der Waals surface area contributed by atoms with E-state index in [1.807, 2.05) is 30.3 Å². The van der Waals surface area contributed by atoms with E-state index in [1.54, 1.807) is 25.6 Å². The molecule has 0 spiro atoms. The fraction of sp³-hybridized carbons (Fsp3) is 0.211. The standard InChI is InChI=1S/C19H17N5O4/c1-11-14(9-20-24(11)3)19(25)26-10-15-21-22-18(27-15)16-12(2)28-23-17(16)13-7-5-4-6-8-13/h4-9H,10H2,1-3H3. The normalized spacial score (nSPS) is 11.0. The second-order valence-electron chi connectivity index (χ2n) is 6.17. The molecule has 142 valence electrons. The molecule has 1 aromatic carbocycles. The van der Waals surface area contributed by atoms with Crippen LogP contribution in [0.15, 0.2) is 45.5 Å². The van der Waals surface area contributed by atoms with Crippen molar-refractivity contribution in [3.63, 3.8) is 0 Å². The number of aryl methyl sites for hydroxylation is 2. The van der Waals surface area contributed by atoms with E-state index in [1.165, 1.54) is 6.20 Å². The molecule has 4 rings (SSSR count). The molecule has 0 saturated carbocycles. The highest BCUT2D eigenvalue weighted by Crippen LogP contribution is 2.33. The Bertz CT molecular complexity index is 1130. The highest BCUT2D eigenvalue weighted by atomic mass is 16.5. The third-order valence-corrected chi connectivity index (χ3v) is 4.37. The number of carbonyl (C=O) groups is 1. The average Bonchev–Trinajstić information content (AvgIpc) is 3.40. The third-order valence-electron chi connectivity index (χ3n) is 4.37. The summed E-state index contributed by atoms with van der Waals surface area (Å²) in [6, 6.07) is 9.55. The van der Waals surface area contributed by atoms with Gasteiger partial charge in [0, 0.05) is 18.3 Å². The Morgan fingerprint density at radius 3 is 2.68 bits per heavy atom. The topological polar surface area (TPSA) is 109 Å². The van der Waals surface area contributed by atoms with Crippen molar-refractivity contribution in [2.75, 3.05) is 0 Å². The van der Waals surface area contributed by atoms with Gasteiger partial charge in [0.15, 0.2) is 6.61 Å². The molecule has 0 saturated heterocycles. The molecular weight excluding hydrogens is 362 g/mol. The van der Waals surface area contributed by atoms with Crippen LogP contribution in [-0.4, -0.2) is 31.1 Å². The number of hydrogen-bond acceptors (Lipinski definition) is 8. The molecule has 0 amide bonds. The van der Waals surface area contributed by atoms with Crippen LogP contribution in [0.1, 0.15) is 27.7 Å². The summed E-state index contributed by atoms with van der Waals surface area (Å²) in [4.78, 5) is 12.2. The number of rotatable bonds is 5. The van der Waals surface area contributed by atoms with Gasteiger partial charge >= 0.3 is 5.97 Å². The summed E-state index contributed by atoms with van der Waals surface area (Å²) < 4.78 is 17.8. The van der Waals surface area contributed by atoms with Gasteiger partial charge in [-0.25, -0.2) is 4.79 Å². The van der Waals surface area contributed by atoms with Gasteiger partial charge in [-0.05, 0) is 13.8 Å². The lowest BCUT2D eigenvalue weighted by atomic mass is 10.1. The molecule has 0 N–H and O–H groups in total. The molecule has 0 unspecified atom stereocenters. The van der Waals surface area contributed by atoms with Gasteiger partial charge in [0.05, 0.1) is 6.20 Å². The minimum Gasteiger partial charge on any atom is -0.452 e. The number of hydrogen-bond donors (Lipinski definition) is 0. The van der Waals surface area contributed by atoms with Crippen molar-refractivity contribution < 1.29 is 18.5 Å². The van der Waals surface area contributed by atoms with Gasteiger partial charge < -0.3 is 13.7 Å². The Labute approximate surface area is 159 Å². The Balaban J connectivity index is 1.54. The quantitative estimate of drug-likeness (QED) is 0.487. The van der Waals surface area contributed by atoms with E-state index in [0.29, 0.717) is 28.3 Å². The second kappa shape index (κ2) is 7.10. The van der Waals surface area contributed by atoms with E-state index in [9.17, 15) is 4.79 Å². The van der Waals surface area contributed by atoms with Crippen molar-refractivity contribution in [3.05, 3.63) is 59.4 Å². The summed E-state index contributed by atoms with van der Waals surface area (Å²) in [7, 11) is 1.75. The first-order chi connectivity index (χ1) is 13.5. The van der Waals surface area contributed by atoms with Gasteiger partial charge in [-0.2, -0.15) is 5.10 Å². The number of nitrogens with zero attached hydrogens (tertiary/aromatic N) is 5. The van der Waals surface area contributed by atoms with E-state index in [0.717, 1.165) is 5.56 Å². The van der Waals surface area contributed by atoms with E-state index in [2.05, 4.69) is 20.5 Å². The van der Waals surface area contributed by atoms with E-state index in [-0.39, 0.29) is 18.4 Å². The van der Waals surface area contributed by atoms with Crippen molar-refractivity contribution in [3.8, 4) is 22.7 Å². The van der Waals surface area contributed by atoms with Gasteiger partial charge in [0.25, 0.3) is 11.8 Å². The lowest BCUT2D eigenvalue weighted by Crippen LogP contribution is -2.07. The van der Waals surface area contributed by atoms with Gasteiger partial charge in [-0.1, -0.05) is 35.5 Å². The molecule has 28 heavy (non-hydrogen) atoms. The zero-order chi connectivity index (χ0) is 19.7. The van der Waals surface area contributed by atoms with Crippen LogP contribution >= 0.6 is 0 Å². The van der Waals surface area contributed by atoms with Crippen molar-refractivity contribution in [2.24, 2.45) is 7.05 Å². The zero-order valence-corrected chi connectivity index (χ0v) is 15.5. The Hall–Kier alpha value is -3.75. The van der Waals surface area contributed by atoms with Gasteiger partial charge in [-0.15, -0.1) is 10.2 Å². The van der Waals surface area contributed by atoms with Crippen molar-refractivity contribution in [2.45, 2.75) is 20.5 Å². The molecule has 0 radical (unpaired) electrons. The van der Waals surface area contributed by atoms with Crippen LogP contribution in [0.2, 0.25) is 0 Å². The molecule has 3 aromatic heterocycles. The van der Waals surface area contributed by atoms with Crippen LogP contribution in [0, 0.1) is 13.8 Å². The van der Waals surface area contributed by atoms with Crippen LogP contribution < -0.4 is 0 Å².